The minimum Gasteiger partial charge on any atom is -0.219 e. The lowest BCUT2D eigenvalue weighted by molar-refractivity contribution is -0.685. The second-order valence-electron chi connectivity index (χ2n) is 5.91. The van der Waals surface area contributed by atoms with Crippen LogP contribution in [0, 0.1) is 0 Å². The Labute approximate surface area is 147 Å². The zero-order valence-electron chi connectivity index (χ0n) is 13.3. The molecule has 0 amide bonds. The number of hydrogen-bond acceptors (Lipinski definition) is 0. The molecule has 2 nitrogen and oxygen atoms in total. The average Bonchev–Trinajstić information content (AvgIpc) is 2.83. The fourth-order valence-electron chi connectivity index (χ4n) is 2.84. The number of aromatic nitrogens is 2. The third-order valence-corrected chi connectivity index (χ3v) is 5.01. The predicted molar refractivity (Wildman–Crippen MR) is 97.2 cm³/mol. The summed E-state index contributed by atoms with van der Waals surface area (Å²) in [5, 5.41) is 3.73. The zero-order chi connectivity index (χ0) is 16.2. The van der Waals surface area contributed by atoms with Crippen LogP contribution in [0.3, 0.4) is 0 Å². The van der Waals surface area contributed by atoms with E-state index in [9.17, 15) is 0 Å². The Morgan fingerprint density at radius 1 is 1.00 bits per heavy atom. The predicted octanol–water partition coefficient (Wildman–Crippen LogP) is 5.47. The third-order valence-electron chi connectivity index (χ3n) is 4.12. The van der Waals surface area contributed by atoms with Gasteiger partial charge < -0.3 is 0 Å². The maximum atomic E-state index is 6.41. The van der Waals surface area contributed by atoms with Gasteiger partial charge in [0.2, 0.25) is 6.33 Å². The summed E-state index contributed by atoms with van der Waals surface area (Å²) < 4.78 is 4.06. The van der Waals surface area contributed by atoms with Gasteiger partial charge in [-0.3, -0.25) is 0 Å². The third kappa shape index (κ3) is 3.70. The van der Waals surface area contributed by atoms with Crippen LogP contribution in [0.4, 0.5) is 0 Å². The Balaban J connectivity index is 1.82. The van der Waals surface area contributed by atoms with Gasteiger partial charge in [0, 0.05) is 0 Å². The molecule has 120 valence electrons. The van der Waals surface area contributed by atoms with Gasteiger partial charge in [-0.15, -0.1) is 0 Å². The SMILES string of the molecule is CCCCCn1c[n+](Cc2ccc3ccccc3c2)c(Cl)c1Cl. The van der Waals surface area contributed by atoms with Crippen LogP contribution < -0.4 is 4.57 Å². The van der Waals surface area contributed by atoms with Crippen LogP contribution in [0.2, 0.25) is 10.3 Å². The van der Waals surface area contributed by atoms with Crippen LogP contribution in [-0.4, -0.2) is 4.57 Å². The van der Waals surface area contributed by atoms with Crippen molar-refractivity contribution < 1.29 is 4.57 Å². The molecular formula is C19H21Cl2N2+. The summed E-state index contributed by atoms with van der Waals surface area (Å²) in [5.41, 5.74) is 1.22. The molecule has 2 aromatic carbocycles. The second-order valence-corrected chi connectivity index (χ2v) is 6.62. The number of unbranched alkanes of at least 4 members (excludes halogenated alkanes) is 2. The van der Waals surface area contributed by atoms with E-state index in [1.807, 2.05) is 15.5 Å². The Morgan fingerprint density at radius 3 is 2.57 bits per heavy atom. The van der Waals surface area contributed by atoms with Gasteiger partial charge in [-0.05, 0) is 58.4 Å². The number of benzene rings is 2. The first-order valence-electron chi connectivity index (χ1n) is 8.10. The van der Waals surface area contributed by atoms with Crippen molar-refractivity contribution in [3.05, 3.63) is 64.7 Å². The molecule has 0 aliphatic heterocycles. The molecule has 4 heteroatoms. The second kappa shape index (κ2) is 7.37. The molecule has 3 rings (SSSR count). The molecule has 0 atom stereocenters. The lowest BCUT2D eigenvalue weighted by atomic mass is 10.1. The lowest BCUT2D eigenvalue weighted by Crippen LogP contribution is -2.33. The monoisotopic (exact) mass is 347 g/mol. The number of imidazole rings is 1. The van der Waals surface area contributed by atoms with Crippen molar-refractivity contribution in [1.29, 1.82) is 0 Å². The Hall–Kier alpha value is -1.51. The topological polar surface area (TPSA) is 8.81 Å². The highest BCUT2D eigenvalue weighted by Gasteiger charge is 2.20. The van der Waals surface area contributed by atoms with Gasteiger partial charge in [0.25, 0.3) is 10.3 Å². The Kier molecular flexibility index (Phi) is 5.24. The van der Waals surface area contributed by atoms with Crippen molar-refractivity contribution in [1.82, 2.24) is 4.57 Å². The van der Waals surface area contributed by atoms with Gasteiger partial charge in [0.15, 0.2) is 0 Å². The van der Waals surface area contributed by atoms with E-state index in [0.717, 1.165) is 19.5 Å². The van der Waals surface area contributed by atoms with Crippen LogP contribution in [0.5, 0.6) is 0 Å². The molecule has 0 saturated carbocycles. The van der Waals surface area contributed by atoms with Crippen LogP contribution in [0.25, 0.3) is 10.8 Å². The van der Waals surface area contributed by atoms with E-state index in [2.05, 4.69) is 49.4 Å². The van der Waals surface area contributed by atoms with Gasteiger partial charge >= 0.3 is 0 Å². The number of hydrogen-bond donors (Lipinski definition) is 0. The number of halogens is 2. The van der Waals surface area contributed by atoms with Gasteiger partial charge in [-0.2, -0.15) is 0 Å². The van der Waals surface area contributed by atoms with Crippen molar-refractivity contribution in [2.24, 2.45) is 0 Å². The van der Waals surface area contributed by atoms with Crippen LogP contribution in [-0.2, 0) is 13.1 Å². The fourth-order valence-corrected chi connectivity index (χ4v) is 3.29. The molecule has 0 N–H and O–H groups in total. The first-order chi connectivity index (χ1) is 11.2. The molecule has 0 aliphatic carbocycles. The molecule has 23 heavy (non-hydrogen) atoms. The number of rotatable bonds is 6. The summed E-state index contributed by atoms with van der Waals surface area (Å²) in [5.74, 6) is 0. The first kappa shape index (κ1) is 16.4. The van der Waals surface area contributed by atoms with Crippen molar-refractivity contribution in [3.63, 3.8) is 0 Å². The first-order valence-corrected chi connectivity index (χ1v) is 8.86. The van der Waals surface area contributed by atoms with E-state index in [4.69, 9.17) is 23.2 Å². The highest BCUT2D eigenvalue weighted by Crippen LogP contribution is 2.21. The van der Waals surface area contributed by atoms with E-state index >= 15 is 0 Å². The molecule has 1 heterocycles. The molecular weight excluding hydrogens is 327 g/mol. The molecule has 0 radical (unpaired) electrons. The zero-order valence-corrected chi connectivity index (χ0v) is 14.8. The van der Waals surface area contributed by atoms with Crippen molar-refractivity contribution >= 4 is 34.0 Å². The summed E-state index contributed by atoms with van der Waals surface area (Å²) in [4.78, 5) is 0. The van der Waals surface area contributed by atoms with Gasteiger partial charge in [-0.25, -0.2) is 9.13 Å². The van der Waals surface area contributed by atoms with Gasteiger partial charge in [0.1, 0.15) is 6.54 Å². The quantitative estimate of drug-likeness (QED) is 0.412. The molecule has 0 unspecified atom stereocenters. The standard InChI is InChI=1S/C19H21Cl2N2/c1-2-3-6-11-22-14-23(19(21)18(22)20)13-15-9-10-16-7-4-5-8-17(16)12-15/h4-5,7-10,12,14H,2-3,6,11,13H2,1H3/q+1. The normalized spacial score (nSPS) is 11.3. The van der Waals surface area contributed by atoms with Crippen LogP contribution >= 0.6 is 23.2 Å². The van der Waals surface area contributed by atoms with Crippen molar-refractivity contribution in [2.75, 3.05) is 0 Å². The average molecular weight is 348 g/mol. The van der Waals surface area contributed by atoms with Crippen LogP contribution in [0.15, 0.2) is 48.8 Å². The minimum atomic E-state index is 0.608. The maximum Gasteiger partial charge on any atom is 0.255 e. The molecule has 0 spiro atoms. The molecule has 0 saturated heterocycles. The molecule has 1 aromatic heterocycles. The number of nitrogens with zero attached hydrogens (tertiary/aromatic N) is 2. The van der Waals surface area contributed by atoms with Crippen molar-refractivity contribution in [3.8, 4) is 0 Å². The molecule has 0 aliphatic rings. The largest absolute Gasteiger partial charge is 0.255 e. The van der Waals surface area contributed by atoms with E-state index in [0.29, 0.717) is 10.3 Å². The van der Waals surface area contributed by atoms with Gasteiger partial charge in [-0.1, -0.05) is 49.7 Å². The maximum absolute atomic E-state index is 6.41. The van der Waals surface area contributed by atoms with E-state index in [1.165, 1.54) is 29.2 Å². The summed E-state index contributed by atoms with van der Waals surface area (Å²) in [6.07, 6.45) is 5.55. The van der Waals surface area contributed by atoms with E-state index < -0.39 is 0 Å². The number of fused-ring (bicyclic) bond motifs is 1. The highest BCUT2D eigenvalue weighted by molar-refractivity contribution is 6.39. The molecule has 0 bridgehead atoms. The molecule has 3 aromatic rings. The van der Waals surface area contributed by atoms with E-state index in [-0.39, 0.29) is 0 Å². The number of aryl methyl sites for hydroxylation is 1. The fraction of sp³-hybridized carbons (Fsp3) is 0.316. The van der Waals surface area contributed by atoms with Gasteiger partial charge in [0.05, 0.1) is 6.54 Å². The lowest BCUT2D eigenvalue weighted by Gasteiger charge is -2.02. The van der Waals surface area contributed by atoms with Crippen LogP contribution in [0.1, 0.15) is 31.7 Å². The Bertz CT molecular complexity index is 808. The van der Waals surface area contributed by atoms with Crippen molar-refractivity contribution in [2.45, 2.75) is 39.3 Å². The van der Waals surface area contributed by atoms with E-state index in [1.54, 1.807) is 0 Å². The summed E-state index contributed by atoms with van der Waals surface area (Å²) in [6.45, 7) is 3.84. The minimum absolute atomic E-state index is 0.608. The smallest absolute Gasteiger partial charge is 0.219 e. The summed E-state index contributed by atoms with van der Waals surface area (Å²) >= 11 is 12.8. The summed E-state index contributed by atoms with van der Waals surface area (Å²) in [7, 11) is 0. The molecule has 0 fully saturated rings. The Morgan fingerprint density at radius 2 is 1.78 bits per heavy atom. The highest BCUT2D eigenvalue weighted by atomic mass is 35.5. The summed E-state index contributed by atoms with van der Waals surface area (Å²) in [6, 6.07) is 14.9.